The van der Waals surface area contributed by atoms with Crippen molar-refractivity contribution in [1.29, 1.82) is 0 Å². The molecular weight excluding hydrogens is 344 g/mol. The van der Waals surface area contributed by atoms with Crippen LogP contribution < -0.4 is 4.66 Å². The average Bonchev–Trinajstić information content (AvgIpc) is 2.53. The number of rotatable bonds is 1. The van der Waals surface area contributed by atoms with Gasteiger partial charge in [-0.2, -0.15) is 0 Å². The summed E-state index contributed by atoms with van der Waals surface area (Å²) in [7, 11) is -4.19. The summed E-state index contributed by atoms with van der Waals surface area (Å²) in [6.45, 7) is 10.1. The van der Waals surface area contributed by atoms with Crippen LogP contribution in [0.25, 0.3) is 0 Å². The first-order valence-corrected chi connectivity index (χ1v) is 10.7. The molecule has 0 bridgehead atoms. The minimum atomic E-state index is -4.19. The summed E-state index contributed by atoms with van der Waals surface area (Å²) in [5.41, 5.74) is 3.69. The van der Waals surface area contributed by atoms with Crippen LogP contribution in [0.3, 0.4) is 0 Å². The Hall–Kier alpha value is -0.660. The van der Waals surface area contributed by atoms with Crippen LogP contribution in [-0.4, -0.2) is 55.3 Å². The van der Waals surface area contributed by atoms with Gasteiger partial charge in [-0.3, -0.25) is 0 Å². The van der Waals surface area contributed by atoms with Gasteiger partial charge >= 0.3 is 28.9 Å². The van der Waals surface area contributed by atoms with E-state index in [2.05, 4.69) is 29.4 Å². The summed E-state index contributed by atoms with van der Waals surface area (Å²) in [4.78, 5) is 2.67. The van der Waals surface area contributed by atoms with Gasteiger partial charge in [0.05, 0.1) is 0 Å². The Morgan fingerprint density at radius 1 is 0.960 bits per heavy atom. The molecule has 0 aromatic carbocycles. The van der Waals surface area contributed by atoms with Gasteiger partial charge in [0, 0.05) is 44.1 Å². The van der Waals surface area contributed by atoms with Crippen LogP contribution in [0, 0.1) is 15.7 Å². The van der Waals surface area contributed by atoms with Gasteiger partial charge < -0.3 is 4.90 Å². The van der Waals surface area contributed by atoms with Crippen LogP contribution in [0.15, 0.2) is 11.8 Å². The first kappa shape index (κ1) is 20.6. The molecule has 25 heavy (non-hydrogen) atoms. The first-order chi connectivity index (χ1) is 11.6. The van der Waals surface area contributed by atoms with Crippen molar-refractivity contribution in [2.45, 2.75) is 65.2 Å². The molecule has 2 heterocycles. The minimum absolute atomic E-state index is 0.439. The number of halogens is 1. The van der Waals surface area contributed by atoms with Crippen molar-refractivity contribution in [1.82, 2.24) is 4.90 Å². The number of nitrogens with zero attached hydrogens (tertiary/aromatic N) is 2. The van der Waals surface area contributed by atoms with E-state index in [0.29, 0.717) is 5.41 Å². The summed E-state index contributed by atoms with van der Waals surface area (Å²) in [5, 5.41) is 0. The average molecular weight is 378 g/mol. The van der Waals surface area contributed by atoms with Crippen LogP contribution in [0.4, 0.5) is 0 Å². The predicted molar refractivity (Wildman–Crippen MR) is 92.0 cm³/mol. The van der Waals surface area contributed by atoms with Crippen LogP contribution in [0.5, 0.6) is 0 Å². The van der Waals surface area contributed by atoms with Gasteiger partial charge in [-0.15, -0.1) is 0 Å². The molecule has 1 aliphatic carbocycles. The maximum absolute atomic E-state index is 8.83. The Bertz CT molecular complexity index is 492. The molecule has 0 spiro atoms. The van der Waals surface area contributed by atoms with E-state index in [1.165, 1.54) is 77.5 Å². The van der Waals surface area contributed by atoms with E-state index >= 15 is 0 Å². The fourth-order valence-electron chi connectivity index (χ4n) is 4.11. The fourth-order valence-corrected chi connectivity index (χ4v) is 4.11. The van der Waals surface area contributed by atoms with E-state index in [-0.39, 0.29) is 0 Å². The molecule has 2 fully saturated rings. The van der Waals surface area contributed by atoms with Gasteiger partial charge in [-0.25, -0.2) is 4.58 Å². The zero-order valence-corrected chi connectivity index (χ0v) is 16.3. The van der Waals surface area contributed by atoms with Gasteiger partial charge in [0.25, 0.3) is 0 Å². The zero-order chi connectivity index (χ0) is 18.5. The first-order valence-electron chi connectivity index (χ1n) is 9.37. The predicted octanol–water partition coefficient (Wildman–Crippen LogP) is 0.954. The molecule has 3 N–H and O–H groups in total. The molecule has 0 atom stereocenters. The molecule has 7 heteroatoms. The molecule has 2 aliphatic heterocycles. The summed E-state index contributed by atoms with van der Waals surface area (Å²) >= 11 is 0. The molecule has 0 amide bonds. The van der Waals surface area contributed by atoms with Crippen molar-refractivity contribution in [2.24, 2.45) is 5.41 Å². The van der Waals surface area contributed by atoms with Crippen molar-refractivity contribution >= 4 is 5.71 Å². The van der Waals surface area contributed by atoms with E-state index in [9.17, 15) is 0 Å². The molecule has 3 aliphatic rings. The molecule has 0 radical (unpaired) electrons. The number of allylic oxidation sites excluding steroid dienone is 2. The van der Waals surface area contributed by atoms with Gasteiger partial charge in [0.15, 0.2) is 5.71 Å². The number of hydrogen-bond donors (Lipinski definition) is 3. The van der Waals surface area contributed by atoms with E-state index in [1.54, 1.807) is 11.4 Å². The Labute approximate surface area is 153 Å². The van der Waals surface area contributed by atoms with E-state index in [4.69, 9.17) is 18.6 Å². The van der Waals surface area contributed by atoms with E-state index in [1.807, 2.05) is 0 Å². The third-order valence-corrected chi connectivity index (χ3v) is 5.18. The van der Waals surface area contributed by atoms with E-state index in [0.717, 1.165) is 0 Å². The quantitative estimate of drug-likeness (QED) is 0.592. The molecule has 0 aromatic heterocycles. The summed E-state index contributed by atoms with van der Waals surface area (Å²) in [5.74, 6) is 0. The normalized spacial score (nSPS) is 25.0. The second kappa shape index (κ2) is 8.82. The van der Waals surface area contributed by atoms with Crippen molar-refractivity contribution in [3.05, 3.63) is 11.8 Å². The summed E-state index contributed by atoms with van der Waals surface area (Å²) in [6, 6.07) is 0. The molecule has 0 aromatic rings. The van der Waals surface area contributed by atoms with Crippen molar-refractivity contribution in [2.75, 3.05) is 26.2 Å². The van der Waals surface area contributed by atoms with Crippen LogP contribution in [0.1, 0.15) is 65.2 Å². The SMILES string of the molecule is CC1(C)CC(N2CCCCC2)=CC(=[N+]2CCCCC2)C1.[O-][Cl+](O)(O)O. The number of piperidine rings is 2. The van der Waals surface area contributed by atoms with Gasteiger partial charge in [0.2, 0.25) is 0 Å². The third kappa shape index (κ3) is 7.62. The Morgan fingerprint density at radius 2 is 1.48 bits per heavy atom. The summed E-state index contributed by atoms with van der Waals surface area (Å²) in [6.07, 6.45) is 13.5. The van der Waals surface area contributed by atoms with Crippen LogP contribution >= 0.6 is 0 Å². The zero-order valence-electron chi connectivity index (χ0n) is 15.6. The molecule has 3 rings (SSSR count). The fraction of sp³-hybridized carbons (Fsp3) is 0.833. The van der Waals surface area contributed by atoms with Crippen LogP contribution in [0.2, 0.25) is 0 Å². The third-order valence-electron chi connectivity index (χ3n) is 5.18. The Balaban J connectivity index is 0.000000399. The van der Waals surface area contributed by atoms with Crippen LogP contribution in [-0.2, 0) is 0 Å². The standard InChI is InChI=1S/C18H31N2.ClH3O4/c1-18(2)14-16(19-9-5-3-6-10-19)13-17(15-18)20-11-7-4-8-12-20;2-1(3,4)5/h13H,3-12,14-15H2,1-2H3;2-4H/q+1;. The molecular formula is C18H34ClN2O4+. The van der Waals surface area contributed by atoms with Gasteiger partial charge in [-0.1, -0.05) is 13.8 Å². The molecule has 2 saturated heterocycles. The molecule has 0 unspecified atom stereocenters. The maximum atomic E-state index is 8.83. The number of likely N-dealkylation sites (tertiary alicyclic amines) is 1. The van der Waals surface area contributed by atoms with Gasteiger partial charge in [-0.05, 0) is 37.5 Å². The van der Waals surface area contributed by atoms with E-state index < -0.39 is 10.2 Å². The monoisotopic (exact) mass is 377 g/mol. The second-order valence-corrected chi connectivity index (χ2v) is 9.04. The van der Waals surface area contributed by atoms with Gasteiger partial charge in [0.1, 0.15) is 13.1 Å². The van der Waals surface area contributed by atoms with Crippen molar-refractivity contribution in [3.63, 3.8) is 0 Å². The second-order valence-electron chi connectivity index (χ2n) is 8.17. The number of hydrogen-bond acceptors (Lipinski definition) is 5. The molecule has 146 valence electrons. The molecule has 0 saturated carbocycles. The Morgan fingerprint density at radius 3 is 2.04 bits per heavy atom. The Kier molecular flexibility index (Phi) is 7.29. The van der Waals surface area contributed by atoms with Crippen molar-refractivity contribution in [3.8, 4) is 0 Å². The molecule has 6 nitrogen and oxygen atoms in total. The summed E-state index contributed by atoms with van der Waals surface area (Å²) < 4.78 is 32.9. The topological polar surface area (TPSA) is 90.0 Å². The van der Waals surface area contributed by atoms with Crippen molar-refractivity contribution < 1.29 is 33.5 Å².